The first-order chi connectivity index (χ1) is 8.86. The van der Waals surface area contributed by atoms with Crippen LogP contribution in [0.3, 0.4) is 0 Å². The van der Waals surface area contributed by atoms with Crippen LogP contribution in [0.4, 0.5) is 5.69 Å². The Balaban J connectivity index is 1.82. The van der Waals surface area contributed by atoms with Crippen LogP contribution in [-0.4, -0.2) is 7.11 Å². The molecule has 0 aromatic heterocycles. The lowest BCUT2D eigenvalue weighted by atomic mass is 10.1. The van der Waals surface area contributed by atoms with Crippen molar-refractivity contribution in [2.24, 2.45) is 0 Å². The van der Waals surface area contributed by atoms with E-state index >= 15 is 0 Å². The summed E-state index contributed by atoms with van der Waals surface area (Å²) >= 11 is 0. The van der Waals surface area contributed by atoms with Crippen molar-refractivity contribution in [3.8, 4) is 5.75 Å². The van der Waals surface area contributed by atoms with E-state index in [1.54, 1.807) is 7.11 Å². The van der Waals surface area contributed by atoms with Gasteiger partial charge in [-0.2, -0.15) is 0 Å². The van der Waals surface area contributed by atoms with E-state index in [0.717, 1.165) is 24.3 Å². The van der Waals surface area contributed by atoms with Crippen molar-refractivity contribution < 1.29 is 4.74 Å². The van der Waals surface area contributed by atoms with E-state index in [-0.39, 0.29) is 0 Å². The average molecular weight is 239 g/mol. The van der Waals surface area contributed by atoms with Crippen molar-refractivity contribution in [3.05, 3.63) is 59.7 Å². The highest BCUT2D eigenvalue weighted by molar-refractivity contribution is 5.51. The van der Waals surface area contributed by atoms with E-state index < -0.39 is 0 Å². The van der Waals surface area contributed by atoms with Crippen molar-refractivity contribution in [1.82, 2.24) is 0 Å². The van der Waals surface area contributed by atoms with Crippen LogP contribution in [0.15, 0.2) is 48.5 Å². The van der Waals surface area contributed by atoms with E-state index in [1.165, 1.54) is 11.1 Å². The standard InChI is InChI=1S/C16H17NO/c1-18-14-7-4-6-13(11-14)17-16-10-9-12-5-2-3-8-15(12)16/h2-8,11,16-17H,9-10H2,1H3. The van der Waals surface area contributed by atoms with Crippen molar-refractivity contribution in [2.75, 3.05) is 12.4 Å². The van der Waals surface area contributed by atoms with Gasteiger partial charge in [0.15, 0.2) is 0 Å². The average Bonchev–Trinajstić information content (AvgIpc) is 2.83. The Kier molecular flexibility index (Phi) is 2.93. The second kappa shape index (κ2) is 4.73. The van der Waals surface area contributed by atoms with Crippen molar-refractivity contribution in [2.45, 2.75) is 18.9 Å². The van der Waals surface area contributed by atoms with Gasteiger partial charge in [0.2, 0.25) is 0 Å². The Morgan fingerprint density at radius 1 is 1.11 bits per heavy atom. The van der Waals surface area contributed by atoms with Crippen LogP contribution in [0.25, 0.3) is 0 Å². The van der Waals surface area contributed by atoms with Crippen LogP contribution in [0.2, 0.25) is 0 Å². The summed E-state index contributed by atoms with van der Waals surface area (Å²) in [4.78, 5) is 0. The van der Waals surface area contributed by atoms with E-state index in [2.05, 4.69) is 35.6 Å². The first-order valence-corrected chi connectivity index (χ1v) is 6.35. The lowest BCUT2D eigenvalue weighted by Crippen LogP contribution is -2.06. The number of hydrogen-bond acceptors (Lipinski definition) is 2. The van der Waals surface area contributed by atoms with E-state index in [9.17, 15) is 0 Å². The second-order valence-electron chi connectivity index (χ2n) is 4.67. The smallest absolute Gasteiger partial charge is 0.120 e. The molecule has 0 saturated heterocycles. The minimum absolute atomic E-state index is 0.424. The third-order valence-electron chi connectivity index (χ3n) is 3.54. The molecule has 3 rings (SSSR count). The fourth-order valence-electron chi connectivity index (χ4n) is 2.62. The number of fused-ring (bicyclic) bond motifs is 1. The molecule has 0 spiro atoms. The zero-order valence-electron chi connectivity index (χ0n) is 10.5. The highest BCUT2D eigenvalue weighted by Crippen LogP contribution is 2.34. The molecule has 1 unspecified atom stereocenters. The molecule has 1 aliphatic carbocycles. The second-order valence-corrected chi connectivity index (χ2v) is 4.67. The molecule has 0 saturated carbocycles. The fourth-order valence-corrected chi connectivity index (χ4v) is 2.62. The summed E-state index contributed by atoms with van der Waals surface area (Å²) in [5.74, 6) is 0.895. The highest BCUT2D eigenvalue weighted by atomic mass is 16.5. The molecule has 2 heteroatoms. The van der Waals surface area contributed by atoms with Crippen LogP contribution in [-0.2, 0) is 6.42 Å². The molecule has 2 aromatic rings. The van der Waals surface area contributed by atoms with Crippen LogP contribution in [0.1, 0.15) is 23.6 Å². The van der Waals surface area contributed by atoms with Crippen molar-refractivity contribution >= 4 is 5.69 Å². The Morgan fingerprint density at radius 3 is 2.89 bits per heavy atom. The number of aryl methyl sites for hydroxylation is 1. The molecule has 1 N–H and O–H groups in total. The molecule has 0 aliphatic heterocycles. The number of rotatable bonds is 3. The maximum atomic E-state index is 5.25. The quantitative estimate of drug-likeness (QED) is 0.879. The van der Waals surface area contributed by atoms with Gasteiger partial charge in [-0.15, -0.1) is 0 Å². The van der Waals surface area contributed by atoms with Gasteiger partial charge in [-0.25, -0.2) is 0 Å². The number of anilines is 1. The summed E-state index contributed by atoms with van der Waals surface area (Å²) in [6, 6.07) is 17.2. The van der Waals surface area contributed by atoms with Gasteiger partial charge in [-0.05, 0) is 36.1 Å². The minimum Gasteiger partial charge on any atom is -0.497 e. The summed E-state index contributed by atoms with van der Waals surface area (Å²) < 4.78 is 5.25. The summed E-state index contributed by atoms with van der Waals surface area (Å²) in [6.07, 6.45) is 2.33. The Labute approximate surface area is 108 Å². The molecule has 92 valence electrons. The molecule has 2 aromatic carbocycles. The molecule has 0 fully saturated rings. The van der Waals surface area contributed by atoms with Gasteiger partial charge in [-0.1, -0.05) is 30.3 Å². The third kappa shape index (κ3) is 2.06. The molecule has 0 radical (unpaired) electrons. The molecule has 1 atom stereocenters. The molecule has 1 aliphatic rings. The third-order valence-corrected chi connectivity index (χ3v) is 3.54. The van der Waals surface area contributed by atoms with Crippen molar-refractivity contribution in [1.29, 1.82) is 0 Å². The molecule has 0 amide bonds. The van der Waals surface area contributed by atoms with Gasteiger partial charge in [0.1, 0.15) is 5.75 Å². The number of hydrogen-bond donors (Lipinski definition) is 1. The molecule has 18 heavy (non-hydrogen) atoms. The Morgan fingerprint density at radius 2 is 2.00 bits per heavy atom. The van der Waals surface area contributed by atoms with E-state index in [1.807, 2.05) is 18.2 Å². The molecular weight excluding hydrogens is 222 g/mol. The normalized spacial score (nSPS) is 17.3. The largest absolute Gasteiger partial charge is 0.497 e. The van der Waals surface area contributed by atoms with Crippen LogP contribution in [0, 0.1) is 0 Å². The van der Waals surface area contributed by atoms with Crippen LogP contribution >= 0.6 is 0 Å². The van der Waals surface area contributed by atoms with Gasteiger partial charge in [0, 0.05) is 11.8 Å². The molecule has 0 heterocycles. The number of nitrogens with one attached hydrogen (secondary N) is 1. The summed E-state index contributed by atoms with van der Waals surface area (Å²) in [5.41, 5.74) is 4.02. The maximum absolute atomic E-state index is 5.25. The van der Waals surface area contributed by atoms with Crippen LogP contribution < -0.4 is 10.1 Å². The summed E-state index contributed by atoms with van der Waals surface area (Å²) in [6.45, 7) is 0. The topological polar surface area (TPSA) is 21.3 Å². The first-order valence-electron chi connectivity index (χ1n) is 6.35. The highest BCUT2D eigenvalue weighted by Gasteiger charge is 2.21. The predicted octanol–water partition coefficient (Wildman–Crippen LogP) is 3.79. The summed E-state index contributed by atoms with van der Waals surface area (Å²) in [5, 5.41) is 3.59. The number of ether oxygens (including phenoxy) is 1. The minimum atomic E-state index is 0.424. The fraction of sp³-hybridized carbons (Fsp3) is 0.250. The number of methoxy groups -OCH3 is 1. The molecule has 2 nitrogen and oxygen atoms in total. The van der Waals surface area contributed by atoms with E-state index in [0.29, 0.717) is 6.04 Å². The first kappa shape index (κ1) is 11.1. The van der Waals surface area contributed by atoms with Gasteiger partial charge in [-0.3, -0.25) is 0 Å². The number of benzene rings is 2. The Hall–Kier alpha value is -1.96. The zero-order valence-corrected chi connectivity index (χ0v) is 10.5. The van der Waals surface area contributed by atoms with Gasteiger partial charge < -0.3 is 10.1 Å². The maximum Gasteiger partial charge on any atom is 0.120 e. The van der Waals surface area contributed by atoms with E-state index in [4.69, 9.17) is 4.74 Å². The lowest BCUT2D eigenvalue weighted by molar-refractivity contribution is 0.415. The predicted molar refractivity (Wildman–Crippen MR) is 74.1 cm³/mol. The zero-order chi connectivity index (χ0) is 12.4. The molecular formula is C16H17NO. The Bertz CT molecular complexity index is 550. The van der Waals surface area contributed by atoms with Crippen molar-refractivity contribution in [3.63, 3.8) is 0 Å². The molecule has 0 bridgehead atoms. The van der Waals surface area contributed by atoms with Gasteiger partial charge in [0.05, 0.1) is 13.2 Å². The van der Waals surface area contributed by atoms with Gasteiger partial charge in [0.25, 0.3) is 0 Å². The monoisotopic (exact) mass is 239 g/mol. The van der Waals surface area contributed by atoms with Gasteiger partial charge >= 0.3 is 0 Å². The SMILES string of the molecule is COc1cccc(NC2CCc3ccccc32)c1. The van der Waals surface area contributed by atoms with Crippen LogP contribution in [0.5, 0.6) is 5.75 Å². The lowest BCUT2D eigenvalue weighted by Gasteiger charge is -2.16. The summed E-state index contributed by atoms with van der Waals surface area (Å²) in [7, 11) is 1.70.